The van der Waals surface area contributed by atoms with E-state index in [2.05, 4.69) is 9.97 Å². The third-order valence-electron chi connectivity index (χ3n) is 3.58. The van der Waals surface area contributed by atoms with E-state index in [1.807, 2.05) is 38.1 Å². The zero-order valence-corrected chi connectivity index (χ0v) is 15.2. The van der Waals surface area contributed by atoms with Gasteiger partial charge < -0.3 is 9.88 Å². The number of aryl methyl sites for hydroxylation is 2. The standard InChI is InChI=1S/C18H23N3O2S/c1-4-5-15-10-16(22)20-18(19-15)24-12-17(23)21(3)11-14-8-6-13(2)7-9-14/h6-10H,4-5,11-12H2,1-3H3,(H,19,20,22). The van der Waals surface area contributed by atoms with Gasteiger partial charge in [0, 0.05) is 25.4 Å². The SMILES string of the molecule is CCCc1cc(=O)[nH]c(SCC(=O)N(C)Cc2ccc(C)cc2)n1. The summed E-state index contributed by atoms with van der Waals surface area (Å²) in [5, 5.41) is 0.503. The van der Waals surface area contributed by atoms with Gasteiger partial charge in [-0.2, -0.15) is 0 Å². The summed E-state index contributed by atoms with van der Waals surface area (Å²) in [7, 11) is 1.78. The van der Waals surface area contributed by atoms with Crippen molar-refractivity contribution in [2.24, 2.45) is 0 Å². The molecule has 0 unspecified atom stereocenters. The molecule has 1 heterocycles. The summed E-state index contributed by atoms with van der Waals surface area (Å²) in [5.74, 6) is 0.255. The molecule has 1 amide bonds. The Bertz CT molecular complexity index is 741. The zero-order chi connectivity index (χ0) is 17.5. The van der Waals surface area contributed by atoms with E-state index in [1.54, 1.807) is 11.9 Å². The largest absolute Gasteiger partial charge is 0.341 e. The molecule has 128 valence electrons. The molecule has 0 bridgehead atoms. The van der Waals surface area contributed by atoms with E-state index in [0.717, 1.165) is 24.1 Å². The molecule has 0 aliphatic rings. The highest BCUT2D eigenvalue weighted by atomic mass is 32.2. The first kappa shape index (κ1) is 18.3. The number of nitrogens with zero attached hydrogens (tertiary/aromatic N) is 2. The van der Waals surface area contributed by atoms with Crippen LogP contribution in [0.15, 0.2) is 40.3 Å². The number of hydrogen-bond donors (Lipinski definition) is 1. The van der Waals surface area contributed by atoms with Crippen molar-refractivity contribution in [3.05, 3.63) is 57.5 Å². The molecule has 2 rings (SSSR count). The van der Waals surface area contributed by atoms with E-state index in [4.69, 9.17) is 0 Å². The highest BCUT2D eigenvalue weighted by molar-refractivity contribution is 7.99. The Morgan fingerprint density at radius 2 is 2.00 bits per heavy atom. The number of amides is 1. The number of aromatic nitrogens is 2. The summed E-state index contributed by atoms with van der Waals surface area (Å²) < 4.78 is 0. The Balaban J connectivity index is 1.92. The summed E-state index contributed by atoms with van der Waals surface area (Å²) in [4.78, 5) is 32.7. The van der Waals surface area contributed by atoms with Crippen molar-refractivity contribution in [1.82, 2.24) is 14.9 Å². The van der Waals surface area contributed by atoms with Gasteiger partial charge in [-0.05, 0) is 18.9 Å². The van der Waals surface area contributed by atoms with Crippen molar-refractivity contribution in [1.29, 1.82) is 0 Å². The summed E-state index contributed by atoms with van der Waals surface area (Å²) >= 11 is 1.27. The van der Waals surface area contributed by atoms with Crippen LogP contribution in [0.2, 0.25) is 0 Å². The quantitative estimate of drug-likeness (QED) is 0.619. The minimum absolute atomic E-state index is 0.00381. The van der Waals surface area contributed by atoms with Crippen molar-refractivity contribution in [3.8, 4) is 0 Å². The molecule has 0 atom stereocenters. The Morgan fingerprint density at radius 3 is 2.67 bits per heavy atom. The number of carbonyl (C=O) groups excluding carboxylic acids is 1. The molecule has 0 saturated carbocycles. The fraction of sp³-hybridized carbons (Fsp3) is 0.389. The smallest absolute Gasteiger partial charge is 0.251 e. The van der Waals surface area contributed by atoms with Crippen LogP contribution in [-0.2, 0) is 17.8 Å². The second-order valence-electron chi connectivity index (χ2n) is 5.82. The Labute approximate surface area is 146 Å². The Kier molecular flexibility index (Phi) is 6.61. The van der Waals surface area contributed by atoms with Crippen LogP contribution in [0.5, 0.6) is 0 Å². The van der Waals surface area contributed by atoms with E-state index >= 15 is 0 Å². The molecular formula is C18H23N3O2S. The highest BCUT2D eigenvalue weighted by Crippen LogP contribution is 2.14. The van der Waals surface area contributed by atoms with E-state index in [1.165, 1.54) is 23.4 Å². The molecule has 5 nitrogen and oxygen atoms in total. The number of thioether (sulfide) groups is 1. The van der Waals surface area contributed by atoms with E-state index in [9.17, 15) is 9.59 Å². The van der Waals surface area contributed by atoms with Crippen LogP contribution >= 0.6 is 11.8 Å². The summed E-state index contributed by atoms with van der Waals surface area (Å²) in [6.45, 7) is 4.65. The maximum absolute atomic E-state index is 12.3. The molecule has 0 spiro atoms. The number of aromatic amines is 1. The lowest BCUT2D eigenvalue weighted by Crippen LogP contribution is -2.28. The number of benzene rings is 1. The predicted molar refractivity (Wildman–Crippen MR) is 97.2 cm³/mol. The molecule has 1 N–H and O–H groups in total. The fourth-order valence-corrected chi connectivity index (χ4v) is 3.07. The molecule has 0 saturated heterocycles. The number of carbonyl (C=O) groups is 1. The lowest BCUT2D eigenvalue weighted by Gasteiger charge is -2.17. The third kappa shape index (κ3) is 5.53. The molecule has 6 heteroatoms. The molecule has 1 aromatic carbocycles. The first-order valence-electron chi connectivity index (χ1n) is 8.00. The lowest BCUT2D eigenvalue weighted by molar-refractivity contribution is -0.127. The van der Waals surface area contributed by atoms with Crippen LogP contribution in [0.25, 0.3) is 0 Å². The first-order valence-corrected chi connectivity index (χ1v) is 8.99. The normalized spacial score (nSPS) is 10.6. The van der Waals surface area contributed by atoms with Crippen molar-refractivity contribution < 1.29 is 4.79 Å². The molecule has 1 aromatic heterocycles. The average Bonchev–Trinajstić information content (AvgIpc) is 2.54. The van der Waals surface area contributed by atoms with Crippen LogP contribution < -0.4 is 5.56 Å². The maximum atomic E-state index is 12.3. The molecule has 0 aliphatic carbocycles. The summed E-state index contributed by atoms with van der Waals surface area (Å²) in [6.07, 6.45) is 1.69. The van der Waals surface area contributed by atoms with Gasteiger partial charge >= 0.3 is 0 Å². The predicted octanol–water partition coefficient (Wildman–Crippen LogP) is 2.78. The van der Waals surface area contributed by atoms with Crippen LogP contribution in [0.3, 0.4) is 0 Å². The summed E-state index contributed by atoms with van der Waals surface area (Å²) in [6, 6.07) is 9.64. The number of H-pyrrole nitrogens is 1. The van der Waals surface area contributed by atoms with Gasteiger partial charge in [0.2, 0.25) is 5.91 Å². The Morgan fingerprint density at radius 1 is 1.29 bits per heavy atom. The van der Waals surface area contributed by atoms with Crippen molar-refractivity contribution in [2.75, 3.05) is 12.8 Å². The van der Waals surface area contributed by atoms with Crippen molar-refractivity contribution in [3.63, 3.8) is 0 Å². The molecule has 0 aliphatic heterocycles. The minimum Gasteiger partial charge on any atom is -0.341 e. The van der Waals surface area contributed by atoms with Gasteiger partial charge in [-0.1, -0.05) is 54.9 Å². The van der Waals surface area contributed by atoms with Gasteiger partial charge in [0.15, 0.2) is 5.16 Å². The first-order chi connectivity index (χ1) is 11.5. The van der Waals surface area contributed by atoms with Crippen LogP contribution in [0.1, 0.15) is 30.2 Å². The molecule has 0 radical (unpaired) electrons. The second-order valence-corrected chi connectivity index (χ2v) is 6.78. The average molecular weight is 345 g/mol. The Hall–Kier alpha value is -2.08. The van der Waals surface area contributed by atoms with Gasteiger partial charge in [0.25, 0.3) is 5.56 Å². The van der Waals surface area contributed by atoms with Gasteiger partial charge in [-0.15, -0.1) is 0 Å². The fourth-order valence-electron chi connectivity index (χ4n) is 2.23. The van der Waals surface area contributed by atoms with Crippen LogP contribution in [-0.4, -0.2) is 33.6 Å². The topological polar surface area (TPSA) is 66.1 Å². The molecule has 2 aromatic rings. The minimum atomic E-state index is -0.170. The van der Waals surface area contributed by atoms with Gasteiger partial charge in [0.1, 0.15) is 0 Å². The molecular weight excluding hydrogens is 322 g/mol. The molecule has 24 heavy (non-hydrogen) atoms. The lowest BCUT2D eigenvalue weighted by atomic mass is 10.1. The van der Waals surface area contributed by atoms with Crippen molar-refractivity contribution in [2.45, 2.75) is 38.4 Å². The monoisotopic (exact) mass is 345 g/mol. The number of rotatable bonds is 7. The maximum Gasteiger partial charge on any atom is 0.251 e. The van der Waals surface area contributed by atoms with E-state index in [0.29, 0.717) is 11.7 Å². The number of nitrogens with one attached hydrogen (secondary N) is 1. The second kappa shape index (κ2) is 8.68. The van der Waals surface area contributed by atoms with E-state index < -0.39 is 0 Å². The van der Waals surface area contributed by atoms with Gasteiger partial charge in [0.05, 0.1) is 5.75 Å². The van der Waals surface area contributed by atoms with Gasteiger partial charge in [-0.3, -0.25) is 9.59 Å². The van der Waals surface area contributed by atoms with Crippen molar-refractivity contribution >= 4 is 17.7 Å². The van der Waals surface area contributed by atoms with Crippen LogP contribution in [0, 0.1) is 6.92 Å². The van der Waals surface area contributed by atoms with Gasteiger partial charge in [-0.25, -0.2) is 4.98 Å². The number of hydrogen-bond acceptors (Lipinski definition) is 4. The van der Waals surface area contributed by atoms with E-state index in [-0.39, 0.29) is 17.2 Å². The molecule has 0 fully saturated rings. The third-order valence-corrected chi connectivity index (χ3v) is 4.44. The summed E-state index contributed by atoms with van der Waals surface area (Å²) in [5.41, 5.74) is 2.89. The zero-order valence-electron chi connectivity index (χ0n) is 14.3. The van der Waals surface area contributed by atoms with Crippen LogP contribution in [0.4, 0.5) is 0 Å². The highest BCUT2D eigenvalue weighted by Gasteiger charge is 2.11.